The molecule has 1 aliphatic heterocycles. The van der Waals surface area contributed by atoms with Crippen LogP contribution in [0.5, 0.6) is 0 Å². The average Bonchev–Trinajstić information content (AvgIpc) is 2.52. The van der Waals surface area contributed by atoms with Gasteiger partial charge >= 0.3 is 0 Å². The van der Waals surface area contributed by atoms with Crippen LogP contribution in [0.25, 0.3) is 0 Å². The number of amides is 1. The summed E-state index contributed by atoms with van der Waals surface area (Å²) in [5.41, 5.74) is 7.63. The first-order chi connectivity index (χ1) is 8.58. The minimum atomic E-state index is -0.0593. The van der Waals surface area contributed by atoms with Gasteiger partial charge in [-0.25, -0.2) is 0 Å². The van der Waals surface area contributed by atoms with E-state index < -0.39 is 0 Å². The fraction of sp³-hybridized carbons (Fsp3) is 0.538. The van der Waals surface area contributed by atoms with Gasteiger partial charge in [0.1, 0.15) is 0 Å². The van der Waals surface area contributed by atoms with Gasteiger partial charge in [-0.3, -0.25) is 9.78 Å². The van der Waals surface area contributed by atoms with Gasteiger partial charge < -0.3 is 15.5 Å². The third-order valence-corrected chi connectivity index (χ3v) is 3.28. The van der Waals surface area contributed by atoms with Gasteiger partial charge in [0.15, 0.2) is 0 Å². The minimum Gasteiger partial charge on any atom is -0.361 e. The molecule has 0 aliphatic carbocycles. The van der Waals surface area contributed by atoms with E-state index in [0.717, 1.165) is 30.9 Å². The molecule has 0 radical (unpaired) electrons. The highest BCUT2D eigenvalue weighted by molar-refractivity contribution is 5.81. The Labute approximate surface area is 108 Å². The van der Waals surface area contributed by atoms with E-state index in [4.69, 9.17) is 5.73 Å². The molecule has 0 spiro atoms. The molecule has 0 saturated carbocycles. The SMILES string of the molecule is CC(N)c1ccc(N2CCCN(C)C(=O)C2)cn1. The number of carbonyl (C=O) groups is 1. The topological polar surface area (TPSA) is 62.5 Å². The molecule has 1 aromatic heterocycles. The molecule has 1 aromatic rings. The summed E-state index contributed by atoms with van der Waals surface area (Å²) in [7, 11) is 1.85. The number of rotatable bonds is 2. The maximum atomic E-state index is 11.8. The van der Waals surface area contributed by atoms with E-state index in [1.165, 1.54) is 0 Å². The predicted octanol–water partition coefficient (Wildman–Crippen LogP) is 0.770. The second-order valence-electron chi connectivity index (χ2n) is 4.82. The lowest BCUT2D eigenvalue weighted by atomic mass is 10.2. The van der Waals surface area contributed by atoms with Crippen molar-refractivity contribution in [3.05, 3.63) is 24.0 Å². The van der Waals surface area contributed by atoms with Crippen molar-refractivity contribution in [3.63, 3.8) is 0 Å². The lowest BCUT2D eigenvalue weighted by Gasteiger charge is -2.21. The van der Waals surface area contributed by atoms with Crippen molar-refractivity contribution in [1.82, 2.24) is 9.88 Å². The van der Waals surface area contributed by atoms with Gasteiger partial charge in [0.2, 0.25) is 5.91 Å². The Morgan fingerprint density at radius 2 is 2.17 bits per heavy atom. The molecule has 1 atom stereocenters. The number of carbonyl (C=O) groups excluding carboxylic acids is 1. The molecule has 18 heavy (non-hydrogen) atoms. The zero-order chi connectivity index (χ0) is 13.1. The number of hydrogen-bond acceptors (Lipinski definition) is 4. The van der Waals surface area contributed by atoms with Crippen molar-refractivity contribution in [2.24, 2.45) is 5.73 Å². The van der Waals surface area contributed by atoms with Crippen molar-refractivity contribution in [2.75, 3.05) is 31.6 Å². The molecule has 2 N–H and O–H groups in total. The van der Waals surface area contributed by atoms with Gasteiger partial charge in [-0.15, -0.1) is 0 Å². The summed E-state index contributed by atoms with van der Waals surface area (Å²) in [5.74, 6) is 0.156. The maximum absolute atomic E-state index is 11.8. The number of nitrogens with two attached hydrogens (primary N) is 1. The monoisotopic (exact) mass is 248 g/mol. The first-order valence-corrected chi connectivity index (χ1v) is 6.28. The Morgan fingerprint density at radius 1 is 1.39 bits per heavy atom. The molecule has 98 valence electrons. The molecule has 1 amide bonds. The second kappa shape index (κ2) is 5.35. The summed E-state index contributed by atoms with van der Waals surface area (Å²) in [6.45, 7) is 4.04. The van der Waals surface area contributed by atoms with Crippen LogP contribution in [0.4, 0.5) is 5.69 Å². The summed E-state index contributed by atoms with van der Waals surface area (Å²) in [5, 5.41) is 0. The lowest BCUT2D eigenvalue weighted by Crippen LogP contribution is -2.34. The van der Waals surface area contributed by atoms with Crippen LogP contribution < -0.4 is 10.6 Å². The second-order valence-corrected chi connectivity index (χ2v) is 4.82. The summed E-state index contributed by atoms with van der Waals surface area (Å²) in [4.78, 5) is 20.0. The Hall–Kier alpha value is -1.62. The molecule has 1 unspecified atom stereocenters. The molecule has 0 bridgehead atoms. The first kappa shape index (κ1) is 12.8. The van der Waals surface area contributed by atoms with E-state index in [1.54, 1.807) is 11.1 Å². The molecular formula is C13H20N4O. The largest absolute Gasteiger partial charge is 0.361 e. The van der Waals surface area contributed by atoms with Crippen molar-refractivity contribution in [2.45, 2.75) is 19.4 Å². The number of pyridine rings is 1. The molecule has 1 saturated heterocycles. The highest BCUT2D eigenvalue weighted by atomic mass is 16.2. The Kier molecular flexibility index (Phi) is 3.81. The van der Waals surface area contributed by atoms with E-state index >= 15 is 0 Å². The standard InChI is InChI=1S/C13H20N4O/c1-10(14)12-5-4-11(8-15-12)17-7-3-6-16(2)13(18)9-17/h4-5,8,10H,3,6-7,9,14H2,1-2H3. The van der Waals surface area contributed by atoms with Gasteiger partial charge in [-0.1, -0.05) is 0 Å². The van der Waals surface area contributed by atoms with Gasteiger partial charge in [-0.2, -0.15) is 0 Å². The lowest BCUT2D eigenvalue weighted by molar-refractivity contribution is -0.127. The summed E-state index contributed by atoms with van der Waals surface area (Å²) >= 11 is 0. The van der Waals surface area contributed by atoms with Crippen LogP contribution in [0.15, 0.2) is 18.3 Å². The summed E-state index contributed by atoms with van der Waals surface area (Å²) in [6.07, 6.45) is 2.79. The van der Waals surface area contributed by atoms with Crippen molar-refractivity contribution in [3.8, 4) is 0 Å². The molecule has 2 heterocycles. The summed E-state index contributed by atoms with van der Waals surface area (Å²) in [6, 6.07) is 3.86. The van der Waals surface area contributed by atoms with E-state index in [2.05, 4.69) is 9.88 Å². The highest BCUT2D eigenvalue weighted by Gasteiger charge is 2.19. The first-order valence-electron chi connectivity index (χ1n) is 6.28. The predicted molar refractivity (Wildman–Crippen MR) is 71.3 cm³/mol. The van der Waals surface area contributed by atoms with Crippen LogP contribution in [0.3, 0.4) is 0 Å². The number of aromatic nitrogens is 1. The van der Waals surface area contributed by atoms with Crippen LogP contribution >= 0.6 is 0 Å². The zero-order valence-corrected chi connectivity index (χ0v) is 11.0. The zero-order valence-electron chi connectivity index (χ0n) is 11.0. The van der Waals surface area contributed by atoms with E-state index in [9.17, 15) is 4.79 Å². The van der Waals surface area contributed by atoms with E-state index in [1.807, 2.05) is 26.1 Å². The third-order valence-electron chi connectivity index (χ3n) is 3.28. The molecular weight excluding hydrogens is 228 g/mol. The van der Waals surface area contributed by atoms with Gasteiger partial charge in [0, 0.05) is 26.2 Å². The fourth-order valence-electron chi connectivity index (χ4n) is 2.06. The third kappa shape index (κ3) is 2.79. The van der Waals surface area contributed by atoms with Gasteiger partial charge in [0.25, 0.3) is 0 Å². The molecule has 2 rings (SSSR count). The van der Waals surface area contributed by atoms with Crippen LogP contribution in [-0.2, 0) is 4.79 Å². The van der Waals surface area contributed by atoms with Gasteiger partial charge in [0.05, 0.1) is 24.1 Å². The highest BCUT2D eigenvalue weighted by Crippen LogP contribution is 2.17. The number of anilines is 1. The fourth-order valence-corrected chi connectivity index (χ4v) is 2.06. The quantitative estimate of drug-likeness (QED) is 0.839. The Balaban J connectivity index is 2.13. The van der Waals surface area contributed by atoms with Gasteiger partial charge in [-0.05, 0) is 25.5 Å². The van der Waals surface area contributed by atoms with Crippen LogP contribution in [-0.4, -0.2) is 42.5 Å². The van der Waals surface area contributed by atoms with E-state index in [-0.39, 0.29) is 11.9 Å². The smallest absolute Gasteiger partial charge is 0.241 e. The summed E-state index contributed by atoms with van der Waals surface area (Å²) < 4.78 is 0. The van der Waals surface area contributed by atoms with Crippen LogP contribution in [0, 0.1) is 0 Å². The van der Waals surface area contributed by atoms with Crippen LogP contribution in [0.1, 0.15) is 25.1 Å². The number of hydrogen-bond donors (Lipinski definition) is 1. The molecule has 0 aromatic carbocycles. The number of likely N-dealkylation sites (N-methyl/N-ethyl adjacent to an activating group) is 1. The Bertz CT molecular complexity index is 416. The minimum absolute atomic E-state index is 0.0593. The van der Waals surface area contributed by atoms with Crippen molar-refractivity contribution in [1.29, 1.82) is 0 Å². The molecule has 5 heteroatoms. The van der Waals surface area contributed by atoms with Crippen molar-refractivity contribution >= 4 is 11.6 Å². The average molecular weight is 248 g/mol. The Morgan fingerprint density at radius 3 is 2.78 bits per heavy atom. The molecule has 5 nitrogen and oxygen atoms in total. The molecule has 1 fully saturated rings. The van der Waals surface area contributed by atoms with Crippen LogP contribution in [0.2, 0.25) is 0 Å². The molecule has 1 aliphatic rings. The van der Waals surface area contributed by atoms with Crippen molar-refractivity contribution < 1.29 is 4.79 Å². The maximum Gasteiger partial charge on any atom is 0.241 e. The normalized spacial score (nSPS) is 18.7. The van der Waals surface area contributed by atoms with E-state index in [0.29, 0.717) is 6.54 Å². The number of nitrogens with zero attached hydrogens (tertiary/aromatic N) is 3.